The minimum atomic E-state index is -1.37. The third-order valence-corrected chi connectivity index (χ3v) is 1.43. The maximum absolute atomic E-state index is 12.9. The number of carbonyl (C=O) groups excluding carboxylic acids is 1. The lowest BCUT2D eigenvalue weighted by Gasteiger charge is -2.04. The van der Waals surface area contributed by atoms with Gasteiger partial charge in [0, 0.05) is 5.69 Å². The summed E-state index contributed by atoms with van der Waals surface area (Å²) in [4.78, 5) is 20.3. The average Bonchev–Trinajstić information content (AvgIpc) is 2.10. The van der Waals surface area contributed by atoms with Gasteiger partial charge < -0.3 is 10.4 Å². The van der Waals surface area contributed by atoms with Gasteiger partial charge in [-0.05, 0) is 18.2 Å². The Balaban J connectivity index is 2.95. The number of benzene rings is 1. The Morgan fingerprint density at radius 2 is 2.21 bits per heavy atom. The summed E-state index contributed by atoms with van der Waals surface area (Å²) in [7, 11) is 0. The van der Waals surface area contributed by atoms with Gasteiger partial charge in [-0.25, -0.2) is 9.18 Å². The van der Waals surface area contributed by atoms with Crippen LogP contribution in [0.4, 0.5) is 20.6 Å². The molecular formula is C8H7FN2O3. The molecule has 1 rings (SSSR count). The topological polar surface area (TPSA) is 78.4 Å². The summed E-state index contributed by atoms with van der Waals surface area (Å²) < 4.78 is 12.9. The Labute approximate surface area is 78.5 Å². The Morgan fingerprint density at radius 1 is 1.50 bits per heavy atom. The van der Waals surface area contributed by atoms with Gasteiger partial charge in [0.25, 0.3) is 0 Å². The van der Waals surface area contributed by atoms with Crippen molar-refractivity contribution in [1.82, 2.24) is 0 Å². The molecule has 3 N–H and O–H groups in total. The molecule has 0 bridgehead atoms. The van der Waals surface area contributed by atoms with Crippen LogP contribution in [0, 0.1) is 5.82 Å². The van der Waals surface area contributed by atoms with Crippen molar-refractivity contribution >= 4 is 23.9 Å². The molecule has 0 saturated carbocycles. The first-order chi connectivity index (χ1) is 6.63. The standard InChI is InChI=1S/C8H7FN2O3/c9-6-2-1-5(10-4-12)3-7(6)11-8(13)14/h1-4,11H,(H,10,12)(H,13,14). The fourth-order valence-electron chi connectivity index (χ4n) is 0.894. The molecule has 0 aliphatic rings. The van der Waals surface area contributed by atoms with E-state index in [1.807, 2.05) is 5.32 Å². The van der Waals surface area contributed by atoms with Crippen molar-refractivity contribution in [3.8, 4) is 0 Å². The molecule has 1 aromatic rings. The third-order valence-electron chi connectivity index (χ3n) is 1.43. The Bertz CT molecular complexity index is 368. The molecule has 2 amide bonds. The van der Waals surface area contributed by atoms with Crippen LogP contribution in [-0.2, 0) is 4.79 Å². The predicted molar refractivity (Wildman–Crippen MR) is 47.7 cm³/mol. The summed E-state index contributed by atoms with van der Waals surface area (Å²) in [6, 6.07) is 3.55. The fraction of sp³-hybridized carbons (Fsp3) is 0. The fourth-order valence-corrected chi connectivity index (χ4v) is 0.894. The van der Waals surface area contributed by atoms with Crippen LogP contribution < -0.4 is 10.6 Å². The van der Waals surface area contributed by atoms with Gasteiger partial charge in [-0.3, -0.25) is 10.1 Å². The van der Waals surface area contributed by atoms with E-state index in [0.29, 0.717) is 12.1 Å². The van der Waals surface area contributed by atoms with Crippen LogP contribution in [0.2, 0.25) is 0 Å². The zero-order chi connectivity index (χ0) is 10.6. The lowest BCUT2D eigenvalue weighted by atomic mass is 10.2. The summed E-state index contributed by atoms with van der Waals surface area (Å²) in [5, 5.41) is 12.5. The van der Waals surface area contributed by atoms with E-state index in [9.17, 15) is 14.0 Å². The lowest BCUT2D eigenvalue weighted by molar-refractivity contribution is -0.105. The molecule has 0 fully saturated rings. The molecule has 5 nitrogen and oxygen atoms in total. The molecule has 0 spiro atoms. The first kappa shape index (κ1) is 9.97. The molecule has 0 radical (unpaired) electrons. The second kappa shape index (κ2) is 4.22. The van der Waals surface area contributed by atoms with Crippen LogP contribution in [0.25, 0.3) is 0 Å². The minimum absolute atomic E-state index is 0.204. The van der Waals surface area contributed by atoms with Gasteiger partial charge in [0.15, 0.2) is 0 Å². The number of anilines is 2. The molecule has 0 saturated heterocycles. The van der Waals surface area contributed by atoms with Crippen molar-refractivity contribution in [2.45, 2.75) is 0 Å². The van der Waals surface area contributed by atoms with Gasteiger partial charge >= 0.3 is 6.09 Å². The molecule has 0 aromatic heterocycles. The van der Waals surface area contributed by atoms with E-state index in [0.717, 1.165) is 6.07 Å². The largest absolute Gasteiger partial charge is 0.465 e. The molecule has 0 unspecified atom stereocenters. The summed E-state index contributed by atoms with van der Waals surface area (Å²) in [6.45, 7) is 0. The highest BCUT2D eigenvalue weighted by Crippen LogP contribution is 2.18. The van der Waals surface area contributed by atoms with Crippen LogP contribution in [-0.4, -0.2) is 17.6 Å². The highest BCUT2D eigenvalue weighted by Gasteiger charge is 2.05. The SMILES string of the molecule is O=CNc1ccc(F)c(NC(=O)O)c1. The smallest absolute Gasteiger partial charge is 0.409 e. The van der Waals surface area contributed by atoms with E-state index < -0.39 is 11.9 Å². The highest BCUT2D eigenvalue weighted by molar-refractivity contribution is 5.85. The van der Waals surface area contributed by atoms with Gasteiger partial charge in [-0.15, -0.1) is 0 Å². The van der Waals surface area contributed by atoms with Gasteiger partial charge in [0.1, 0.15) is 5.82 Å². The molecular weight excluding hydrogens is 191 g/mol. The average molecular weight is 198 g/mol. The number of hydrogen-bond acceptors (Lipinski definition) is 2. The summed E-state index contributed by atoms with van der Waals surface area (Å²) in [6.07, 6.45) is -0.954. The Kier molecular flexibility index (Phi) is 3.01. The summed E-state index contributed by atoms with van der Waals surface area (Å²) in [5.74, 6) is -0.705. The number of rotatable bonds is 3. The lowest BCUT2D eigenvalue weighted by Crippen LogP contribution is -2.09. The molecule has 74 valence electrons. The minimum Gasteiger partial charge on any atom is -0.465 e. The van der Waals surface area contributed by atoms with E-state index in [2.05, 4.69) is 5.32 Å². The van der Waals surface area contributed by atoms with E-state index in [1.165, 1.54) is 12.1 Å². The normalized spacial score (nSPS) is 9.21. The van der Waals surface area contributed by atoms with Gasteiger partial charge in [-0.1, -0.05) is 0 Å². The number of carboxylic acid groups (broad SMARTS) is 1. The number of carbonyl (C=O) groups is 2. The first-order valence-corrected chi connectivity index (χ1v) is 3.63. The highest BCUT2D eigenvalue weighted by atomic mass is 19.1. The van der Waals surface area contributed by atoms with Gasteiger partial charge in [0.2, 0.25) is 6.41 Å². The molecule has 0 aliphatic heterocycles. The number of hydrogen-bond donors (Lipinski definition) is 3. The maximum atomic E-state index is 12.9. The van der Waals surface area contributed by atoms with Crippen LogP contribution >= 0.6 is 0 Å². The van der Waals surface area contributed by atoms with Crippen molar-refractivity contribution in [1.29, 1.82) is 0 Å². The molecule has 1 aromatic carbocycles. The second-order valence-corrected chi connectivity index (χ2v) is 2.39. The second-order valence-electron chi connectivity index (χ2n) is 2.39. The Hall–Kier alpha value is -2.11. The molecule has 14 heavy (non-hydrogen) atoms. The quantitative estimate of drug-likeness (QED) is 0.643. The third kappa shape index (κ3) is 2.44. The molecule has 6 heteroatoms. The van der Waals surface area contributed by atoms with Crippen molar-refractivity contribution in [2.24, 2.45) is 0 Å². The van der Waals surface area contributed by atoms with Crippen LogP contribution in [0.1, 0.15) is 0 Å². The van der Waals surface area contributed by atoms with Crippen molar-refractivity contribution in [2.75, 3.05) is 10.6 Å². The van der Waals surface area contributed by atoms with Crippen molar-refractivity contribution < 1.29 is 19.1 Å². The zero-order valence-corrected chi connectivity index (χ0v) is 6.95. The van der Waals surface area contributed by atoms with Crippen molar-refractivity contribution in [3.05, 3.63) is 24.0 Å². The van der Waals surface area contributed by atoms with Crippen LogP contribution in [0.15, 0.2) is 18.2 Å². The maximum Gasteiger partial charge on any atom is 0.409 e. The summed E-state index contributed by atoms with van der Waals surface area (Å²) >= 11 is 0. The van der Waals surface area contributed by atoms with Crippen molar-refractivity contribution in [3.63, 3.8) is 0 Å². The van der Waals surface area contributed by atoms with E-state index >= 15 is 0 Å². The van der Waals surface area contributed by atoms with Gasteiger partial charge in [-0.2, -0.15) is 0 Å². The number of amides is 2. The molecule has 0 atom stereocenters. The van der Waals surface area contributed by atoms with E-state index in [1.54, 1.807) is 0 Å². The number of halogens is 1. The van der Waals surface area contributed by atoms with Gasteiger partial charge in [0.05, 0.1) is 5.69 Å². The zero-order valence-electron chi connectivity index (χ0n) is 6.95. The summed E-state index contributed by atoms with van der Waals surface area (Å²) in [5.41, 5.74) is 0.106. The van der Waals surface area contributed by atoms with Crippen LogP contribution in [0.3, 0.4) is 0 Å². The Morgan fingerprint density at radius 3 is 2.79 bits per heavy atom. The van der Waals surface area contributed by atoms with E-state index in [-0.39, 0.29) is 5.69 Å². The predicted octanol–water partition coefficient (Wildman–Crippen LogP) is 1.48. The molecule has 0 heterocycles. The first-order valence-electron chi connectivity index (χ1n) is 3.63. The monoisotopic (exact) mass is 198 g/mol. The van der Waals surface area contributed by atoms with E-state index in [4.69, 9.17) is 5.11 Å². The number of nitrogens with one attached hydrogen (secondary N) is 2. The van der Waals surface area contributed by atoms with Crippen LogP contribution in [0.5, 0.6) is 0 Å². The molecule has 0 aliphatic carbocycles.